The Morgan fingerprint density at radius 2 is 1.70 bits per heavy atom. The summed E-state index contributed by atoms with van der Waals surface area (Å²) in [5.41, 5.74) is 3.68. The monoisotopic (exact) mass is 362 g/mol. The number of allylic oxidation sites excluding steroid dienone is 2. The van der Waals surface area contributed by atoms with Gasteiger partial charge in [-0.05, 0) is 19.8 Å². The van der Waals surface area contributed by atoms with E-state index >= 15 is 0 Å². The standard InChI is InChI=1S/C23H22O4/c1-5-14-10-15-11-18(14)20-19(15)21(26-13(4)24)16-8-6-7-9-17(16)22(20)27-23(25)12(2)3/h6-10,15,18H,2,5,11H2,1,3-4H3. The van der Waals surface area contributed by atoms with Gasteiger partial charge in [-0.1, -0.05) is 49.4 Å². The van der Waals surface area contributed by atoms with Gasteiger partial charge in [-0.3, -0.25) is 4.79 Å². The van der Waals surface area contributed by atoms with Crippen molar-refractivity contribution in [3.8, 4) is 11.5 Å². The highest BCUT2D eigenvalue weighted by Crippen LogP contribution is 2.61. The topological polar surface area (TPSA) is 52.6 Å². The molecule has 2 atom stereocenters. The van der Waals surface area contributed by atoms with Crippen molar-refractivity contribution in [3.63, 3.8) is 0 Å². The molecule has 0 saturated carbocycles. The van der Waals surface area contributed by atoms with Crippen molar-refractivity contribution in [2.24, 2.45) is 0 Å². The fourth-order valence-corrected chi connectivity index (χ4v) is 4.39. The molecule has 0 fully saturated rings. The van der Waals surface area contributed by atoms with Gasteiger partial charge >= 0.3 is 11.9 Å². The molecular formula is C23H22O4. The third-order valence-corrected chi connectivity index (χ3v) is 5.46. The Balaban J connectivity index is 2.03. The Kier molecular flexibility index (Phi) is 4.14. The summed E-state index contributed by atoms with van der Waals surface area (Å²) in [4.78, 5) is 24.2. The molecule has 0 amide bonds. The third kappa shape index (κ3) is 2.67. The molecule has 2 unspecified atom stereocenters. The number of fused-ring (bicyclic) bond motifs is 6. The molecule has 4 rings (SSSR count). The summed E-state index contributed by atoms with van der Waals surface area (Å²) in [6.45, 7) is 8.90. The van der Waals surface area contributed by atoms with Gasteiger partial charge in [0.1, 0.15) is 11.5 Å². The van der Waals surface area contributed by atoms with Gasteiger partial charge in [0.25, 0.3) is 0 Å². The first-order valence-corrected chi connectivity index (χ1v) is 9.27. The van der Waals surface area contributed by atoms with Gasteiger partial charge < -0.3 is 9.47 Å². The molecule has 2 aromatic carbocycles. The lowest BCUT2D eigenvalue weighted by molar-refractivity contribution is -0.132. The van der Waals surface area contributed by atoms with E-state index in [1.54, 1.807) is 6.92 Å². The molecule has 2 bridgehead atoms. The molecule has 0 radical (unpaired) electrons. The third-order valence-electron chi connectivity index (χ3n) is 5.46. The second kappa shape index (κ2) is 6.38. The van der Waals surface area contributed by atoms with Crippen molar-refractivity contribution in [1.82, 2.24) is 0 Å². The van der Waals surface area contributed by atoms with Gasteiger partial charge in [0.05, 0.1) is 0 Å². The van der Waals surface area contributed by atoms with E-state index in [1.165, 1.54) is 12.5 Å². The maximum absolute atomic E-state index is 12.4. The average molecular weight is 362 g/mol. The molecule has 2 aliphatic rings. The molecule has 4 heteroatoms. The van der Waals surface area contributed by atoms with Crippen LogP contribution in [0.3, 0.4) is 0 Å². The lowest BCUT2D eigenvalue weighted by atomic mass is 9.86. The fraction of sp³-hybridized carbons (Fsp3) is 0.304. The summed E-state index contributed by atoms with van der Waals surface area (Å²) in [5.74, 6) is 0.769. The molecule has 0 saturated heterocycles. The lowest BCUT2D eigenvalue weighted by Crippen LogP contribution is -2.14. The Bertz CT molecular complexity index is 1030. The predicted molar refractivity (Wildman–Crippen MR) is 104 cm³/mol. The molecule has 27 heavy (non-hydrogen) atoms. The number of carbonyl (C=O) groups is 2. The van der Waals surface area contributed by atoms with Crippen LogP contribution >= 0.6 is 0 Å². The summed E-state index contributed by atoms with van der Waals surface area (Å²) in [5, 5.41) is 1.57. The van der Waals surface area contributed by atoms with E-state index in [0.29, 0.717) is 17.1 Å². The van der Waals surface area contributed by atoms with Crippen molar-refractivity contribution in [2.75, 3.05) is 0 Å². The molecule has 0 heterocycles. The number of carbonyl (C=O) groups excluding carboxylic acids is 2. The minimum Gasteiger partial charge on any atom is -0.426 e. The van der Waals surface area contributed by atoms with E-state index in [9.17, 15) is 9.59 Å². The average Bonchev–Trinajstić information content (AvgIpc) is 3.22. The van der Waals surface area contributed by atoms with Crippen LogP contribution in [-0.4, -0.2) is 11.9 Å². The minimum absolute atomic E-state index is 0.182. The van der Waals surface area contributed by atoms with Crippen LogP contribution in [0.15, 0.2) is 48.1 Å². The summed E-state index contributed by atoms with van der Waals surface area (Å²) < 4.78 is 11.5. The van der Waals surface area contributed by atoms with Crippen molar-refractivity contribution in [3.05, 3.63) is 59.2 Å². The van der Waals surface area contributed by atoms with E-state index in [0.717, 1.165) is 34.7 Å². The van der Waals surface area contributed by atoms with Crippen molar-refractivity contribution >= 4 is 22.7 Å². The SMILES string of the molecule is C=C(C)C(=O)Oc1c2c(c(OC(C)=O)c3ccccc13)C1C=C(CC)C2C1. The van der Waals surface area contributed by atoms with Gasteiger partial charge in [-0.25, -0.2) is 4.79 Å². The van der Waals surface area contributed by atoms with Crippen LogP contribution in [0.2, 0.25) is 0 Å². The molecule has 0 N–H and O–H groups in total. The van der Waals surface area contributed by atoms with E-state index in [4.69, 9.17) is 9.47 Å². The van der Waals surface area contributed by atoms with Crippen molar-refractivity contribution in [1.29, 1.82) is 0 Å². The van der Waals surface area contributed by atoms with Crippen LogP contribution in [0, 0.1) is 0 Å². The highest BCUT2D eigenvalue weighted by molar-refractivity contribution is 6.01. The summed E-state index contributed by atoms with van der Waals surface area (Å²) in [6, 6.07) is 7.61. The van der Waals surface area contributed by atoms with Gasteiger partial charge in [0.15, 0.2) is 0 Å². The van der Waals surface area contributed by atoms with Crippen LogP contribution in [0.4, 0.5) is 0 Å². The zero-order valence-electron chi connectivity index (χ0n) is 15.8. The van der Waals surface area contributed by atoms with Crippen LogP contribution in [0.5, 0.6) is 11.5 Å². The predicted octanol–water partition coefficient (Wildman–Crippen LogP) is 5.17. The molecule has 2 aromatic rings. The minimum atomic E-state index is -0.438. The number of hydrogen-bond donors (Lipinski definition) is 0. The van der Waals surface area contributed by atoms with E-state index in [2.05, 4.69) is 19.6 Å². The molecular weight excluding hydrogens is 340 g/mol. The Labute approximate surface area is 158 Å². The normalized spacial score (nSPS) is 19.6. The number of hydrogen-bond acceptors (Lipinski definition) is 4. The summed E-state index contributed by atoms with van der Waals surface area (Å²) >= 11 is 0. The quantitative estimate of drug-likeness (QED) is 0.326. The Morgan fingerprint density at radius 1 is 1.07 bits per heavy atom. The van der Waals surface area contributed by atoms with Crippen LogP contribution in [0.25, 0.3) is 10.8 Å². The van der Waals surface area contributed by atoms with Crippen LogP contribution < -0.4 is 9.47 Å². The molecule has 2 aliphatic carbocycles. The number of esters is 2. The second-order valence-corrected chi connectivity index (χ2v) is 7.28. The number of ether oxygens (including phenoxy) is 2. The number of benzene rings is 2. The van der Waals surface area contributed by atoms with E-state index in [-0.39, 0.29) is 17.8 Å². The van der Waals surface area contributed by atoms with Crippen LogP contribution in [-0.2, 0) is 9.59 Å². The maximum atomic E-state index is 12.4. The van der Waals surface area contributed by atoms with Crippen molar-refractivity contribution in [2.45, 2.75) is 45.4 Å². The molecule has 0 spiro atoms. The van der Waals surface area contributed by atoms with Crippen LogP contribution in [0.1, 0.15) is 56.6 Å². The highest BCUT2D eigenvalue weighted by Gasteiger charge is 2.43. The van der Waals surface area contributed by atoms with E-state index < -0.39 is 5.97 Å². The van der Waals surface area contributed by atoms with Gasteiger partial charge in [0.2, 0.25) is 0 Å². The van der Waals surface area contributed by atoms with Crippen molar-refractivity contribution < 1.29 is 19.1 Å². The zero-order valence-corrected chi connectivity index (χ0v) is 15.8. The molecule has 4 nitrogen and oxygen atoms in total. The summed E-state index contributed by atoms with van der Waals surface area (Å²) in [6.07, 6.45) is 4.16. The Morgan fingerprint density at radius 3 is 2.26 bits per heavy atom. The van der Waals surface area contributed by atoms with Gasteiger partial charge in [-0.15, -0.1) is 0 Å². The first-order valence-electron chi connectivity index (χ1n) is 9.27. The lowest BCUT2D eigenvalue weighted by Gasteiger charge is -2.24. The second-order valence-electron chi connectivity index (χ2n) is 7.28. The highest BCUT2D eigenvalue weighted by atomic mass is 16.5. The number of rotatable bonds is 4. The largest absolute Gasteiger partial charge is 0.426 e. The first-order chi connectivity index (χ1) is 12.9. The maximum Gasteiger partial charge on any atom is 0.338 e. The Hall–Kier alpha value is -2.88. The van der Waals surface area contributed by atoms with E-state index in [1.807, 2.05) is 24.3 Å². The summed E-state index contributed by atoms with van der Waals surface area (Å²) in [7, 11) is 0. The fourth-order valence-electron chi connectivity index (χ4n) is 4.39. The molecule has 0 aromatic heterocycles. The van der Waals surface area contributed by atoms with Gasteiger partial charge in [0, 0.05) is 46.2 Å². The van der Waals surface area contributed by atoms with Gasteiger partial charge in [-0.2, -0.15) is 0 Å². The first kappa shape index (κ1) is 17.5. The molecule has 0 aliphatic heterocycles. The smallest absolute Gasteiger partial charge is 0.338 e. The zero-order chi connectivity index (χ0) is 19.3. The molecule has 138 valence electrons.